The molecule has 2 atom stereocenters. The van der Waals surface area contributed by atoms with Crippen LogP contribution in [0.1, 0.15) is 35.8 Å². The second-order valence-corrected chi connectivity index (χ2v) is 7.96. The Bertz CT molecular complexity index is 1190. The predicted molar refractivity (Wildman–Crippen MR) is 116 cm³/mol. The third-order valence-electron chi connectivity index (χ3n) is 5.72. The van der Waals surface area contributed by atoms with Crippen LogP contribution in [-0.2, 0) is 19.1 Å². The smallest absolute Gasteiger partial charge is 0.340 e. The van der Waals surface area contributed by atoms with E-state index in [1.165, 1.54) is 25.3 Å². The maximum Gasteiger partial charge on any atom is 0.340 e. The van der Waals surface area contributed by atoms with Crippen molar-refractivity contribution in [3.05, 3.63) is 97.6 Å². The maximum atomic E-state index is 13.3. The van der Waals surface area contributed by atoms with Gasteiger partial charge in [0.2, 0.25) is 5.88 Å². The molecular formula is C23H19ClN2O6. The van der Waals surface area contributed by atoms with Crippen molar-refractivity contribution in [2.45, 2.75) is 24.7 Å². The van der Waals surface area contributed by atoms with E-state index in [4.69, 9.17) is 26.8 Å². The van der Waals surface area contributed by atoms with Gasteiger partial charge in [-0.2, -0.15) is 0 Å². The van der Waals surface area contributed by atoms with Crippen LogP contribution in [0, 0.1) is 10.1 Å². The first-order valence-electron chi connectivity index (χ1n) is 9.82. The van der Waals surface area contributed by atoms with E-state index in [-0.39, 0.29) is 45.9 Å². The summed E-state index contributed by atoms with van der Waals surface area (Å²) in [5.74, 6) is -1.93. The average Bonchev–Trinajstić information content (AvgIpc) is 2.78. The molecule has 164 valence electrons. The molecule has 4 rings (SSSR count). The minimum absolute atomic E-state index is 0.0595. The Labute approximate surface area is 188 Å². The Balaban J connectivity index is 1.86. The highest BCUT2D eigenvalue weighted by molar-refractivity contribution is 6.32. The van der Waals surface area contributed by atoms with E-state index in [1.807, 2.05) is 30.3 Å². The molecule has 2 aromatic carbocycles. The summed E-state index contributed by atoms with van der Waals surface area (Å²) < 4.78 is 10.6. The SMILES string of the molecule is COC(=O)C1=C(N)OC2=C(C(=O)CC(c3ccccc3)C2)C1c1ccc(Cl)c([N+](=O)[O-])c1. The number of carbonyl (C=O) groups excluding carboxylic acids is 2. The third-order valence-corrected chi connectivity index (χ3v) is 6.04. The van der Waals surface area contributed by atoms with Gasteiger partial charge in [-0.1, -0.05) is 48.0 Å². The van der Waals surface area contributed by atoms with Crippen LogP contribution in [0.5, 0.6) is 0 Å². The van der Waals surface area contributed by atoms with E-state index in [0.29, 0.717) is 17.7 Å². The molecule has 2 N–H and O–H groups in total. The number of carbonyl (C=O) groups is 2. The molecule has 0 amide bonds. The lowest BCUT2D eigenvalue weighted by Crippen LogP contribution is -2.33. The summed E-state index contributed by atoms with van der Waals surface area (Å²) in [5, 5.41) is 11.4. The van der Waals surface area contributed by atoms with Crippen LogP contribution in [0.4, 0.5) is 5.69 Å². The number of esters is 1. The number of nitrogens with two attached hydrogens (primary N) is 1. The second-order valence-electron chi connectivity index (χ2n) is 7.55. The Kier molecular flexibility index (Phi) is 5.71. The first-order chi connectivity index (χ1) is 15.3. The summed E-state index contributed by atoms with van der Waals surface area (Å²) >= 11 is 5.96. The molecule has 0 saturated heterocycles. The Hall–Kier alpha value is -3.65. The fourth-order valence-corrected chi connectivity index (χ4v) is 4.45. The standard InChI is InChI=1S/C23H19ClN2O6/c1-31-23(28)21-19(13-7-8-15(24)16(9-13)26(29)30)20-17(27)10-14(11-18(20)32-22(21)25)12-5-3-2-4-6-12/h2-9,14,19H,10-11,25H2,1H3. The molecule has 1 heterocycles. The molecule has 0 saturated carbocycles. The van der Waals surface area contributed by atoms with E-state index < -0.39 is 16.8 Å². The minimum atomic E-state index is -0.966. The van der Waals surface area contributed by atoms with Gasteiger partial charge in [-0.15, -0.1) is 0 Å². The van der Waals surface area contributed by atoms with E-state index in [9.17, 15) is 19.7 Å². The molecule has 2 aromatic rings. The van der Waals surface area contributed by atoms with Crippen LogP contribution >= 0.6 is 11.6 Å². The van der Waals surface area contributed by atoms with Crippen LogP contribution in [0.15, 0.2) is 71.3 Å². The van der Waals surface area contributed by atoms with Gasteiger partial charge in [0.25, 0.3) is 5.69 Å². The monoisotopic (exact) mass is 454 g/mol. The number of nitro benzene ring substituents is 1. The van der Waals surface area contributed by atoms with Crippen LogP contribution in [0.3, 0.4) is 0 Å². The Morgan fingerprint density at radius 2 is 1.91 bits per heavy atom. The summed E-state index contributed by atoms with van der Waals surface area (Å²) in [4.78, 5) is 36.7. The van der Waals surface area contributed by atoms with Crippen molar-refractivity contribution in [2.75, 3.05) is 7.11 Å². The molecule has 0 spiro atoms. The molecule has 0 radical (unpaired) electrons. The quantitative estimate of drug-likeness (QED) is 0.419. The average molecular weight is 455 g/mol. The second kappa shape index (κ2) is 8.47. The van der Waals surface area contributed by atoms with Crippen molar-refractivity contribution in [1.82, 2.24) is 0 Å². The number of halogens is 1. The van der Waals surface area contributed by atoms with Gasteiger partial charge in [-0.25, -0.2) is 4.79 Å². The Morgan fingerprint density at radius 3 is 2.56 bits per heavy atom. The molecule has 0 aromatic heterocycles. The minimum Gasteiger partial charge on any atom is -0.465 e. The molecule has 0 bridgehead atoms. The van der Waals surface area contributed by atoms with Crippen molar-refractivity contribution in [3.8, 4) is 0 Å². The van der Waals surface area contributed by atoms with Gasteiger partial charge in [0.05, 0.1) is 18.0 Å². The van der Waals surface area contributed by atoms with Gasteiger partial charge in [0, 0.05) is 24.5 Å². The zero-order chi connectivity index (χ0) is 23.0. The predicted octanol–water partition coefficient (Wildman–Crippen LogP) is 4.11. The number of hydrogen-bond donors (Lipinski definition) is 1. The highest BCUT2D eigenvalue weighted by atomic mass is 35.5. The number of Topliss-reactive ketones (excluding diaryl/α,β-unsaturated/α-hetero) is 1. The highest BCUT2D eigenvalue weighted by Gasteiger charge is 2.43. The Morgan fingerprint density at radius 1 is 1.19 bits per heavy atom. The summed E-state index contributed by atoms with van der Waals surface area (Å²) in [6.07, 6.45) is 0.596. The number of rotatable bonds is 4. The molecule has 1 aliphatic carbocycles. The molecule has 2 aliphatic rings. The molecular weight excluding hydrogens is 436 g/mol. The molecule has 2 unspecified atom stereocenters. The van der Waals surface area contributed by atoms with Crippen LogP contribution < -0.4 is 5.73 Å². The zero-order valence-corrected chi connectivity index (χ0v) is 17.8. The zero-order valence-electron chi connectivity index (χ0n) is 17.0. The van der Waals surface area contributed by atoms with Gasteiger partial charge >= 0.3 is 5.97 Å². The van der Waals surface area contributed by atoms with Crippen molar-refractivity contribution in [2.24, 2.45) is 5.73 Å². The number of methoxy groups -OCH3 is 1. The number of nitro groups is 1. The van der Waals surface area contributed by atoms with Crippen molar-refractivity contribution in [3.63, 3.8) is 0 Å². The van der Waals surface area contributed by atoms with Crippen molar-refractivity contribution < 1.29 is 24.0 Å². The topological polar surface area (TPSA) is 122 Å². The summed E-state index contributed by atoms with van der Waals surface area (Å²) in [6, 6.07) is 13.7. The summed E-state index contributed by atoms with van der Waals surface area (Å²) in [5.41, 5.74) is 7.24. The van der Waals surface area contributed by atoms with Crippen molar-refractivity contribution >= 4 is 29.0 Å². The molecule has 9 heteroatoms. The number of ketones is 1. The first kappa shape index (κ1) is 21.6. The third kappa shape index (κ3) is 3.73. The fraction of sp³-hybridized carbons (Fsp3) is 0.217. The van der Waals surface area contributed by atoms with Crippen LogP contribution in [0.25, 0.3) is 0 Å². The van der Waals surface area contributed by atoms with E-state index >= 15 is 0 Å². The lowest BCUT2D eigenvalue weighted by molar-refractivity contribution is -0.384. The highest BCUT2D eigenvalue weighted by Crippen LogP contribution is 2.48. The summed E-state index contributed by atoms with van der Waals surface area (Å²) in [6.45, 7) is 0. The molecule has 1 aliphatic heterocycles. The van der Waals surface area contributed by atoms with E-state index in [1.54, 1.807) is 0 Å². The fourth-order valence-electron chi connectivity index (χ4n) is 4.26. The van der Waals surface area contributed by atoms with Crippen LogP contribution in [0.2, 0.25) is 5.02 Å². The lowest BCUT2D eigenvalue weighted by atomic mass is 9.73. The number of ether oxygens (including phenoxy) is 2. The van der Waals surface area contributed by atoms with Gasteiger partial charge in [0.1, 0.15) is 16.4 Å². The number of nitrogens with zero attached hydrogens (tertiary/aromatic N) is 1. The van der Waals surface area contributed by atoms with E-state index in [2.05, 4.69) is 0 Å². The van der Waals surface area contributed by atoms with Gasteiger partial charge in [0.15, 0.2) is 5.78 Å². The number of hydrogen-bond acceptors (Lipinski definition) is 7. The van der Waals surface area contributed by atoms with Gasteiger partial charge < -0.3 is 15.2 Å². The lowest BCUT2D eigenvalue weighted by Gasteiger charge is -2.35. The van der Waals surface area contributed by atoms with Crippen LogP contribution in [-0.4, -0.2) is 23.8 Å². The van der Waals surface area contributed by atoms with Gasteiger partial charge in [-0.05, 0) is 23.1 Å². The molecule has 0 fully saturated rings. The maximum absolute atomic E-state index is 13.3. The number of benzene rings is 2. The largest absolute Gasteiger partial charge is 0.465 e. The van der Waals surface area contributed by atoms with Gasteiger partial charge in [-0.3, -0.25) is 14.9 Å². The van der Waals surface area contributed by atoms with Crippen molar-refractivity contribution in [1.29, 1.82) is 0 Å². The normalized spacial score (nSPS) is 20.5. The number of allylic oxidation sites excluding steroid dienone is 2. The molecule has 32 heavy (non-hydrogen) atoms. The summed E-state index contributed by atoms with van der Waals surface area (Å²) in [7, 11) is 1.18. The van der Waals surface area contributed by atoms with E-state index in [0.717, 1.165) is 5.56 Å². The molecule has 8 nitrogen and oxygen atoms in total. The first-order valence-corrected chi connectivity index (χ1v) is 10.2.